The molecule has 1 aliphatic rings. The predicted octanol–water partition coefficient (Wildman–Crippen LogP) is 0.720. The molecular weight excluding hydrogens is 170 g/mol. The molecule has 1 heterocycles. The number of rotatable bonds is 4. The van der Waals surface area contributed by atoms with E-state index in [9.17, 15) is 9.59 Å². The van der Waals surface area contributed by atoms with E-state index in [1.165, 1.54) is 0 Å². The number of carbonyl (C=O) groups is 2. The van der Waals surface area contributed by atoms with Gasteiger partial charge in [0.1, 0.15) is 0 Å². The van der Waals surface area contributed by atoms with Crippen molar-refractivity contribution in [3.8, 4) is 0 Å². The Bertz CT molecular complexity index is 209. The molecule has 1 fully saturated rings. The third-order valence-electron chi connectivity index (χ3n) is 2.41. The number of aliphatic carboxylic acids is 1. The topological polar surface area (TPSA) is 57.6 Å². The maximum Gasteiger partial charge on any atom is 0.303 e. The molecule has 0 aliphatic carbocycles. The van der Waals surface area contributed by atoms with Crippen molar-refractivity contribution in [3.05, 3.63) is 0 Å². The Hall–Kier alpha value is -1.06. The Labute approximate surface area is 77.5 Å². The number of carbonyl (C=O) groups excluding carboxylic acids is 1. The average Bonchev–Trinajstić information content (AvgIpc) is 1.92. The molecule has 0 saturated carbocycles. The van der Waals surface area contributed by atoms with Crippen molar-refractivity contribution in [1.82, 2.24) is 4.90 Å². The summed E-state index contributed by atoms with van der Waals surface area (Å²) in [7, 11) is 0. The quantitative estimate of drug-likeness (QED) is 0.702. The van der Waals surface area contributed by atoms with Gasteiger partial charge >= 0.3 is 5.97 Å². The summed E-state index contributed by atoms with van der Waals surface area (Å²) in [6.07, 6.45) is 1.90. The highest BCUT2D eigenvalue weighted by atomic mass is 16.4. The van der Waals surface area contributed by atoms with Gasteiger partial charge in [0.2, 0.25) is 5.91 Å². The van der Waals surface area contributed by atoms with Crippen LogP contribution in [0.15, 0.2) is 0 Å². The molecule has 13 heavy (non-hydrogen) atoms. The van der Waals surface area contributed by atoms with Crippen LogP contribution in [0.3, 0.4) is 0 Å². The predicted molar refractivity (Wildman–Crippen MR) is 47.2 cm³/mol. The van der Waals surface area contributed by atoms with Crippen LogP contribution in [0, 0.1) is 5.92 Å². The van der Waals surface area contributed by atoms with E-state index in [1.54, 1.807) is 11.8 Å². The minimum Gasteiger partial charge on any atom is -0.481 e. The van der Waals surface area contributed by atoms with E-state index in [2.05, 4.69) is 0 Å². The van der Waals surface area contributed by atoms with Gasteiger partial charge in [-0.1, -0.05) is 0 Å². The molecular formula is C9H15NO3. The van der Waals surface area contributed by atoms with Gasteiger partial charge in [-0.3, -0.25) is 9.59 Å². The van der Waals surface area contributed by atoms with Crippen molar-refractivity contribution in [3.63, 3.8) is 0 Å². The van der Waals surface area contributed by atoms with Gasteiger partial charge in [0, 0.05) is 26.4 Å². The Balaban J connectivity index is 2.02. The fraction of sp³-hybridized carbons (Fsp3) is 0.778. The molecule has 1 N–H and O–H groups in total. The number of carboxylic acid groups (broad SMARTS) is 1. The van der Waals surface area contributed by atoms with Gasteiger partial charge in [0.25, 0.3) is 0 Å². The summed E-state index contributed by atoms with van der Waals surface area (Å²) in [5.41, 5.74) is 0. The molecule has 0 spiro atoms. The lowest BCUT2D eigenvalue weighted by Gasteiger charge is -2.38. The maximum atomic E-state index is 10.8. The molecule has 0 radical (unpaired) electrons. The first kappa shape index (κ1) is 10.0. The summed E-state index contributed by atoms with van der Waals surface area (Å²) in [4.78, 5) is 22.8. The van der Waals surface area contributed by atoms with Gasteiger partial charge in [-0.15, -0.1) is 0 Å². The van der Waals surface area contributed by atoms with Gasteiger partial charge in [-0.25, -0.2) is 0 Å². The molecule has 1 rings (SSSR count). The summed E-state index contributed by atoms with van der Waals surface area (Å²) in [6.45, 7) is 3.19. The van der Waals surface area contributed by atoms with Gasteiger partial charge in [-0.05, 0) is 18.8 Å². The molecule has 4 heteroatoms. The minimum absolute atomic E-state index is 0.120. The van der Waals surface area contributed by atoms with E-state index >= 15 is 0 Å². The summed E-state index contributed by atoms with van der Waals surface area (Å²) in [6, 6.07) is 0. The fourth-order valence-corrected chi connectivity index (χ4v) is 1.55. The first-order valence-electron chi connectivity index (χ1n) is 4.57. The largest absolute Gasteiger partial charge is 0.481 e. The van der Waals surface area contributed by atoms with Crippen LogP contribution in [0.2, 0.25) is 0 Å². The number of carboxylic acids is 1. The molecule has 1 amide bonds. The van der Waals surface area contributed by atoms with Crippen LogP contribution >= 0.6 is 0 Å². The number of amides is 1. The third-order valence-corrected chi connectivity index (χ3v) is 2.41. The monoisotopic (exact) mass is 185 g/mol. The van der Waals surface area contributed by atoms with Crippen molar-refractivity contribution in [2.75, 3.05) is 13.1 Å². The number of hydrogen-bond donors (Lipinski definition) is 1. The molecule has 0 aromatic carbocycles. The SMILES string of the molecule is CC(=O)N1CC(CCCC(=O)O)C1. The Morgan fingerprint density at radius 1 is 1.46 bits per heavy atom. The second-order valence-electron chi connectivity index (χ2n) is 3.58. The molecule has 0 unspecified atom stereocenters. The lowest BCUT2D eigenvalue weighted by Crippen LogP contribution is -2.48. The van der Waals surface area contributed by atoms with Gasteiger partial charge < -0.3 is 10.0 Å². The van der Waals surface area contributed by atoms with Gasteiger partial charge in [-0.2, -0.15) is 0 Å². The summed E-state index contributed by atoms with van der Waals surface area (Å²) < 4.78 is 0. The zero-order valence-corrected chi connectivity index (χ0v) is 7.82. The molecule has 1 saturated heterocycles. The van der Waals surface area contributed by atoms with Crippen molar-refractivity contribution < 1.29 is 14.7 Å². The van der Waals surface area contributed by atoms with E-state index in [0.717, 1.165) is 25.9 Å². The van der Waals surface area contributed by atoms with E-state index < -0.39 is 5.97 Å². The molecule has 74 valence electrons. The van der Waals surface area contributed by atoms with Crippen molar-refractivity contribution in [2.45, 2.75) is 26.2 Å². The molecule has 0 aromatic rings. The Morgan fingerprint density at radius 2 is 2.08 bits per heavy atom. The first-order chi connectivity index (χ1) is 6.09. The third kappa shape index (κ3) is 3.05. The average molecular weight is 185 g/mol. The van der Waals surface area contributed by atoms with Crippen LogP contribution in [0.25, 0.3) is 0 Å². The maximum absolute atomic E-state index is 10.8. The van der Waals surface area contributed by atoms with Crippen LogP contribution in [0.1, 0.15) is 26.2 Å². The Morgan fingerprint density at radius 3 is 2.54 bits per heavy atom. The first-order valence-corrected chi connectivity index (χ1v) is 4.57. The molecule has 0 bridgehead atoms. The van der Waals surface area contributed by atoms with Crippen molar-refractivity contribution >= 4 is 11.9 Å². The smallest absolute Gasteiger partial charge is 0.303 e. The zero-order valence-electron chi connectivity index (χ0n) is 7.82. The zero-order chi connectivity index (χ0) is 9.84. The van der Waals surface area contributed by atoms with E-state index in [1.807, 2.05) is 0 Å². The van der Waals surface area contributed by atoms with Crippen LogP contribution in [-0.4, -0.2) is 35.0 Å². The number of hydrogen-bond acceptors (Lipinski definition) is 2. The van der Waals surface area contributed by atoms with Crippen molar-refractivity contribution in [2.24, 2.45) is 5.92 Å². The van der Waals surface area contributed by atoms with E-state index in [0.29, 0.717) is 5.92 Å². The van der Waals surface area contributed by atoms with E-state index in [4.69, 9.17) is 5.11 Å². The lowest BCUT2D eigenvalue weighted by molar-refractivity contribution is -0.138. The van der Waals surface area contributed by atoms with Crippen LogP contribution in [-0.2, 0) is 9.59 Å². The highest BCUT2D eigenvalue weighted by molar-refractivity contribution is 5.74. The molecule has 0 aromatic heterocycles. The van der Waals surface area contributed by atoms with Crippen LogP contribution < -0.4 is 0 Å². The van der Waals surface area contributed by atoms with E-state index in [-0.39, 0.29) is 12.3 Å². The molecule has 0 atom stereocenters. The van der Waals surface area contributed by atoms with Gasteiger partial charge in [0.15, 0.2) is 0 Å². The second kappa shape index (κ2) is 4.25. The Kier molecular flexibility index (Phi) is 3.28. The fourth-order valence-electron chi connectivity index (χ4n) is 1.55. The second-order valence-corrected chi connectivity index (χ2v) is 3.58. The van der Waals surface area contributed by atoms with Gasteiger partial charge in [0.05, 0.1) is 0 Å². The highest BCUT2D eigenvalue weighted by Crippen LogP contribution is 2.20. The summed E-state index contributed by atoms with van der Waals surface area (Å²) in [5, 5.41) is 8.39. The number of likely N-dealkylation sites (tertiary alicyclic amines) is 1. The van der Waals surface area contributed by atoms with Crippen LogP contribution in [0.5, 0.6) is 0 Å². The minimum atomic E-state index is -0.734. The summed E-state index contributed by atoms with van der Waals surface area (Å²) in [5.74, 6) is -0.0829. The lowest BCUT2D eigenvalue weighted by atomic mass is 9.94. The molecule has 1 aliphatic heterocycles. The standard InChI is InChI=1S/C9H15NO3/c1-7(11)10-5-8(6-10)3-2-4-9(12)13/h8H,2-6H2,1H3,(H,12,13). The summed E-state index contributed by atoms with van der Waals surface area (Å²) >= 11 is 0. The van der Waals surface area contributed by atoms with Crippen LogP contribution in [0.4, 0.5) is 0 Å². The number of nitrogens with zero attached hydrogens (tertiary/aromatic N) is 1. The normalized spacial score (nSPS) is 16.8. The van der Waals surface area contributed by atoms with Crippen molar-refractivity contribution in [1.29, 1.82) is 0 Å². The highest BCUT2D eigenvalue weighted by Gasteiger charge is 2.27. The molecule has 4 nitrogen and oxygen atoms in total.